The van der Waals surface area contributed by atoms with E-state index < -0.39 is 24.2 Å². The molecule has 1 aliphatic heterocycles. The number of carbonyl (C=O) groups is 1. The molecule has 0 aliphatic carbocycles. The molecule has 0 saturated heterocycles. The van der Waals surface area contributed by atoms with Gasteiger partial charge in [0.25, 0.3) is 5.72 Å². The first-order valence-corrected chi connectivity index (χ1v) is 7.76. The topological polar surface area (TPSA) is 71.4 Å². The second kappa shape index (κ2) is 7.30. The van der Waals surface area contributed by atoms with Crippen LogP contribution in [0, 0.1) is 0 Å². The van der Waals surface area contributed by atoms with Crippen LogP contribution in [0.15, 0.2) is 23.3 Å². The van der Waals surface area contributed by atoms with E-state index in [1.807, 2.05) is 0 Å². The van der Waals surface area contributed by atoms with Crippen LogP contribution in [-0.4, -0.2) is 47.4 Å². The Kier molecular flexibility index (Phi) is 5.56. The highest BCUT2D eigenvalue weighted by molar-refractivity contribution is 5.82. The number of rotatable bonds is 6. The van der Waals surface area contributed by atoms with Crippen LogP contribution in [0.4, 0.5) is 13.2 Å². The predicted octanol–water partition coefficient (Wildman–Crippen LogP) is 2.50. The minimum Gasteiger partial charge on any atom is -0.490 e. The number of halogens is 3. The van der Waals surface area contributed by atoms with Crippen LogP contribution in [0.5, 0.6) is 11.5 Å². The minimum absolute atomic E-state index is 0.0871. The van der Waals surface area contributed by atoms with E-state index in [2.05, 4.69) is 5.10 Å². The molecule has 0 unspecified atom stereocenters. The summed E-state index contributed by atoms with van der Waals surface area (Å²) in [7, 11) is 0. The molecule has 0 bridgehead atoms. The van der Waals surface area contributed by atoms with Crippen molar-refractivity contribution in [1.29, 1.82) is 0 Å². The Balaban J connectivity index is 2.20. The normalized spacial score (nSPS) is 20.0. The zero-order chi connectivity index (χ0) is 18.7. The van der Waals surface area contributed by atoms with Gasteiger partial charge in [-0.05, 0) is 31.5 Å². The third-order valence-corrected chi connectivity index (χ3v) is 3.58. The quantitative estimate of drug-likeness (QED) is 0.846. The summed E-state index contributed by atoms with van der Waals surface area (Å²) in [6.45, 7) is 4.35. The number of hydrogen-bond donors (Lipinski definition) is 1. The Labute approximate surface area is 142 Å². The van der Waals surface area contributed by atoms with Crippen LogP contribution in [0.3, 0.4) is 0 Å². The van der Waals surface area contributed by atoms with Gasteiger partial charge in [-0.1, -0.05) is 6.07 Å². The molecule has 1 N–H and O–H groups in total. The Morgan fingerprint density at radius 2 is 1.92 bits per heavy atom. The lowest BCUT2D eigenvalue weighted by molar-refractivity contribution is -0.302. The van der Waals surface area contributed by atoms with E-state index in [0.717, 1.165) is 6.21 Å². The zero-order valence-electron chi connectivity index (χ0n) is 13.8. The van der Waals surface area contributed by atoms with Crippen molar-refractivity contribution in [3.8, 4) is 11.5 Å². The number of nitrogens with zero attached hydrogens (tertiary/aromatic N) is 2. The third-order valence-electron chi connectivity index (χ3n) is 3.58. The molecular formula is C16H19F3N2O4. The van der Waals surface area contributed by atoms with Crippen molar-refractivity contribution in [3.05, 3.63) is 23.8 Å². The maximum absolute atomic E-state index is 13.0. The highest BCUT2D eigenvalue weighted by Gasteiger charge is 2.61. The maximum atomic E-state index is 13.0. The fraction of sp³-hybridized carbons (Fsp3) is 0.500. The molecule has 0 aromatic heterocycles. The molecule has 9 heteroatoms. The van der Waals surface area contributed by atoms with Crippen LogP contribution in [0.25, 0.3) is 0 Å². The smallest absolute Gasteiger partial charge is 0.438 e. The molecule has 6 nitrogen and oxygen atoms in total. The predicted molar refractivity (Wildman–Crippen MR) is 83.4 cm³/mol. The number of hydrazone groups is 1. The first-order chi connectivity index (χ1) is 11.7. The Morgan fingerprint density at radius 1 is 1.28 bits per heavy atom. The molecule has 138 valence electrons. The van der Waals surface area contributed by atoms with Gasteiger partial charge < -0.3 is 14.6 Å². The SMILES string of the molecule is CCOc1ccc(CC(=O)N2N=CC[C@@]2(O)C(F)(F)F)cc1OCC. The molecule has 0 saturated carbocycles. The lowest BCUT2D eigenvalue weighted by atomic mass is 10.1. The molecule has 25 heavy (non-hydrogen) atoms. The van der Waals surface area contributed by atoms with Gasteiger partial charge in [-0.15, -0.1) is 0 Å². The molecule has 0 fully saturated rings. The highest BCUT2D eigenvalue weighted by Crippen LogP contribution is 2.39. The molecule has 0 spiro atoms. The summed E-state index contributed by atoms with van der Waals surface area (Å²) < 4.78 is 49.9. The van der Waals surface area contributed by atoms with Crippen molar-refractivity contribution in [1.82, 2.24) is 5.01 Å². The first kappa shape index (κ1) is 19.0. The van der Waals surface area contributed by atoms with Crippen molar-refractivity contribution >= 4 is 12.1 Å². The largest absolute Gasteiger partial charge is 0.490 e. The van der Waals surface area contributed by atoms with Gasteiger partial charge in [0.2, 0.25) is 5.91 Å². The summed E-state index contributed by atoms with van der Waals surface area (Å²) in [6, 6.07) is 4.66. The molecule has 1 amide bonds. The number of aliphatic hydroxyl groups is 1. The minimum atomic E-state index is -5.01. The van der Waals surface area contributed by atoms with Crippen LogP contribution in [0.2, 0.25) is 0 Å². The third kappa shape index (κ3) is 3.87. The summed E-state index contributed by atoms with van der Waals surface area (Å²) in [5, 5.41) is 13.3. The number of hydrogen-bond acceptors (Lipinski definition) is 5. The van der Waals surface area contributed by atoms with Crippen LogP contribution in [0.1, 0.15) is 25.8 Å². The Hall–Kier alpha value is -2.29. The van der Waals surface area contributed by atoms with Crippen LogP contribution < -0.4 is 9.47 Å². The van der Waals surface area contributed by atoms with Crippen molar-refractivity contribution in [3.63, 3.8) is 0 Å². The molecule has 1 aromatic rings. The van der Waals surface area contributed by atoms with Crippen molar-refractivity contribution < 1.29 is 32.5 Å². The molecule has 1 aromatic carbocycles. The van der Waals surface area contributed by atoms with Gasteiger partial charge in [0.15, 0.2) is 11.5 Å². The van der Waals surface area contributed by atoms with Gasteiger partial charge in [0.05, 0.1) is 19.6 Å². The van der Waals surface area contributed by atoms with Gasteiger partial charge in [-0.2, -0.15) is 23.3 Å². The molecule has 2 rings (SSSR count). The van der Waals surface area contributed by atoms with E-state index in [-0.39, 0.29) is 11.4 Å². The Morgan fingerprint density at radius 3 is 2.52 bits per heavy atom. The van der Waals surface area contributed by atoms with E-state index in [0.29, 0.717) is 30.3 Å². The first-order valence-electron chi connectivity index (χ1n) is 7.76. The van der Waals surface area contributed by atoms with E-state index in [1.54, 1.807) is 26.0 Å². The van der Waals surface area contributed by atoms with Crippen LogP contribution in [-0.2, 0) is 11.2 Å². The number of alkyl halides is 3. The molecule has 0 radical (unpaired) electrons. The van der Waals surface area contributed by atoms with E-state index in [1.165, 1.54) is 6.07 Å². The van der Waals surface area contributed by atoms with Crippen molar-refractivity contribution in [2.24, 2.45) is 5.10 Å². The van der Waals surface area contributed by atoms with E-state index in [9.17, 15) is 23.1 Å². The van der Waals surface area contributed by atoms with E-state index in [4.69, 9.17) is 9.47 Å². The molecular weight excluding hydrogens is 341 g/mol. The van der Waals surface area contributed by atoms with Gasteiger partial charge in [-0.3, -0.25) is 4.79 Å². The molecule has 1 atom stereocenters. The highest BCUT2D eigenvalue weighted by atomic mass is 19.4. The second-order valence-electron chi connectivity index (χ2n) is 5.35. The zero-order valence-corrected chi connectivity index (χ0v) is 13.8. The number of amides is 1. The standard InChI is InChI=1S/C16H19F3N2O4/c1-3-24-12-6-5-11(9-13(12)25-4-2)10-14(22)21-15(23,7-8-20-21)16(17,18)19/h5-6,8-9,23H,3-4,7,10H2,1-2H3/t15-/m1/s1. The van der Waals surface area contributed by atoms with Gasteiger partial charge >= 0.3 is 6.18 Å². The lowest BCUT2D eigenvalue weighted by Gasteiger charge is -2.32. The second-order valence-corrected chi connectivity index (χ2v) is 5.35. The summed E-state index contributed by atoms with van der Waals surface area (Å²) in [5.41, 5.74) is -2.89. The average molecular weight is 360 g/mol. The fourth-order valence-corrected chi connectivity index (χ4v) is 2.39. The fourth-order valence-electron chi connectivity index (χ4n) is 2.39. The lowest BCUT2D eigenvalue weighted by Crippen LogP contribution is -2.56. The van der Waals surface area contributed by atoms with Crippen molar-refractivity contribution in [2.75, 3.05) is 13.2 Å². The summed E-state index contributed by atoms with van der Waals surface area (Å²) >= 11 is 0. The van der Waals surface area contributed by atoms with E-state index >= 15 is 0 Å². The van der Waals surface area contributed by atoms with Crippen LogP contribution >= 0.6 is 0 Å². The Bertz CT molecular complexity index is 663. The molecule has 1 heterocycles. The van der Waals surface area contributed by atoms with Gasteiger partial charge in [0, 0.05) is 12.6 Å². The van der Waals surface area contributed by atoms with Gasteiger partial charge in [0.1, 0.15) is 0 Å². The molecule has 1 aliphatic rings. The number of carbonyl (C=O) groups excluding carboxylic acids is 1. The van der Waals surface area contributed by atoms with Gasteiger partial charge in [-0.25, -0.2) is 0 Å². The number of benzene rings is 1. The monoisotopic (exact) mass is 360 g/mol. The van der Waals surface area contributed by atoms with Crippen molar-refractivity contribution in [2.45, 2.75) is 38.6 Å². The maximum Gasteiger partial charge on any atom is 0.438 e. The summed E-state index contributed by atoms with van der Waals surface area (Å²) in [6.07, 6.45) is -5.30. The number of ether oxygens (including phenoxy) is 2. The summed E-state index contributed by atoms with van der Waals surface area (Å²) in [5.74, 6) is -0.0996. The summed E-state index contributed by atoms with van der Waals surface area (Å²) in [4.78, 5) is 12.2. The average Bonchev–Trinajstić information content (AvgIpc) is 2.93.